The molecule has 2 aliphatic rings. The topological polar surface area (TPSA) is 57.4 Å². The molecule has 3 aromatic rings. The molecular formula is C37H44N4. The highest BCUT2D eigenvalue weighted by Crippen LogP contribution is 2.29. The third-order valence-corrected chi connectivity index (χ3v) is 8.32. The number of hydrogen-bond donors (Lipinski definition) is 2. The van der Waals surface area contributed by atoms with Crippen LogP contribution in [0, 0.1) is 12.3 Å². The summed E-state index contributed by atoms with van der Waals surface area (Å²) in [7, 11) is 0. The van der Waals surface area contributed by atoms with Gasteiger partial charge in [0.15, 0.2) is 0 Å². The molecule has 5 heterocycles. The van der Waals surface area contributed by atoms with Crippen LogP contribution in [0.15, 0.2) is 24.3 Å². The van der Waals surface area contributed by atoms with Crippen LogP contribution in [-0.2, 0) is 19.3 Å². The molecule has 2 aliphatic heterocycles. The molecule has 5 rings (SSSR count). The van der Waals surface area contributed by atoms with E-state index in [0.29, 0.717) is 0 Å². The van der Waals surface area contributed by atoms with Gasteiger partial charge >= 0.3 is 0 Å². The predicted molar refractivity (Wildman–Crippen MR) is 176 cm³/mol. The Bertz CT molecular complexity index is 1640. The molecule has 4 heteroatoms. The van der Waals surface area contributed by atoms with Crippen LogP contribution in [0.4, 0.5) is 0 Å². The van der Waals surface area contributed by atoms with Crippen molar-refractivity contribution < 1.29 is 0 Å². The van der Waals surface area contributed by atoms with Crippen molar-refractivity contribution in [2.45, 2.75) is 97.8 Å². The summed E-state index contributed by atoms with van der Waals surface area (Å²) in [5.74, 6) is 2.94. The van der Waals surface area contributed by atoms with Crippen LogP contribution in [0.2, 0.25) is 0 Å². The molecule has 8 bridgehead atoms. The molecule has 41 heavy (non-hydrogen) atoms. The van der Waals surface area contributed by atoms with Crippen LogP contribution >= 0.6 is 0 Å². The molecule has 4 nitrogen and oxygen atoms in total. The lowest BCUT2D eigenvalue weighted by Crippen LogP contribution is -1.96. The van der Waals surface area contributed by atoms with Gasteiger partial charge in [0.1, 0.15) is 0 Å². The van der Waals surface area contributed by atoms with Crippen molar-refractivity contribution in [3.8, 4) is 12.3 Å². The molecule has 0 amide bonds. The average Bonchev–Trinajstić information content (AvgIpc) is 3.80. The monoisotopic (exact) mass is 544 g/mol. The van der Waals surface area contributed by atoms with Crippen molar-refractivity contribution >= 4 is 46.4 Å². The van der Waals surface area contributed by atoms with Gasteiger partial charge in [-0.25, -0.2) is 9.97 Å². The number of nitrogens with zero attached hydrogens (tertiary/aromatic N) is 2. The number of terminal acetylenes is 1. The van der Waals surface area contributed by atoms with E-state index >= 15 is 0 Å². The van der Waals surface area contributed by atoms with Crippen molar-refractivity contribution in [3.63, 3.8) is 0 Å². The average molecular weight is 545 g/mol. The van der Waals surface area contributed by atoms with Gasteiger partial charge in [0.25, 0.3) is 0 Å². The molecule has 0 saturated carbocycles. The highest BCUT2D eigenvalue weighted by Gasteiger charge is 2.16. The van der Waals surface area contributed by atoms with Gasteiger partial charge in [0, 0.05) is 27.7 Å². The van der Waals surface area contributed by atoms with Crippen molar-refractivity contribution in [1.82, 2.24) is 19.9 Å². The summed E-state index contributed by atoms with van der Waals surface area (Å²) in [6.45, 7) is 6.76. The Morgan fingerprint density at radius 3 is 1.51 bits per heavy atom. The maximum Gasteiger partial charge on any atom is 0.0815 e. The molecule has 0 unspecified atom stereocenters. The number of hydrogen-bond acceptors (Lipinski definition) is 2. The van der Waals surface area contributed by atoms with Crippen molar-refractivity contribution in [1.29, 1.82) is 0 Å². The van der Waals surface area contributed by atoms with E-state index < -0.39 is 0 Å². The summed E-state index contributed by atoms with van der Waals surface area (Å²) in [5.41, 5.74) is 12.9. The van der Waals surface area contributed by atoms with Gasteiger partial charge in [-0.2, -0.15) is 0 Å². The van der Waals surface area contributed by atoms with Gasteiger partial charge in [-0.3, -0.25) is 0 Å². The Labute approximate surface area is 245 Å². The highest BCUT2D eigenvalue weighted by molar-refractivity contribution is 5.84. The Morgan fingerprint density at radius 2 is 0.951 bits per heavy atom. The van der Waals surface area contributed by atoms with Crippen molar-refractivity contribution in [2.24, 2.45) is 0 Å². The molecule has 0 fully saturated rings. The zero-order valence-corrected chi connectivity index (χ0v) is 25.1. The van der Waals surface area contributed by atoms with Crippen LogP contribution in [0.3, 0.4) is 0 Å². The van der Waals surface area contributed by atoms with E-state index in [-0.39, 0.29) is 0 Å². The molecular weight excluding hydrogens is 500 g/mol. The maximum absolute atomic E-state index is 6.10. The second kappa shape index (κ2) is 13.7. The predicted octanol–water partition coefficient (Wildman–Crippen LogP) is 9.83. The number of rotatable bonds is 12. The van der Waals surface area contributed by atoms with Crippen LogP contribution < -0.4 is 0 Å². The Hall–Kier alpha value is -3.84. The first-order valence-electron chi connectivity index (χ1n) is 15.8. The fourth-order valence-corrected chi connectivity index (χ4v) is 5.98. The molecule has 212 valence electrons. The van der Waals surface area contributed by atoms with Crippen LogP contribution in [-0.4, -0.2) is 19.9 Å². The zero-order valence-electron chi connectivity index (χ0n) is 25.1. The molecule has 0 aromatic carbocycles. The van der Waals surface area contributed by atoms with E-state index in [1.54, 1.807) is 0 Å². The minimum atomic E-state index is 0.797. The lowest BCUT2D eigenvalue weighted by Gasteiger charge is -2.05. The molecule has 0 radical (unpaired) electrons. The molecule has 0 atom stereocenters. The molecule has 3 aromatic heterocycles. The minimum absolute atomic E-state index is 0.797. The summed E-state index contributed by atoms with van der Waals surface area (Å²) in [6, 6.07) is 8.79. The Kier molecular flexibility index (Phi) is 9.57. The third-order valence-electron chi connectivity index (χ3n) is 8.32. The first-order chi connectivity index (χ1) is 20.2. The van der Waals surface area contributed by atoms with E-state index in [2.05, 4.69) is 85.2 Å². The Morgan fingerprint density at radius 1 is 0.537 bits per heavy atom. The van der Waals surface area contributed by atoms with Gasteiger partial charge in [-0.1, -0.05) is 65.2 Å². The largest absolute Gasteiger partial charge is 0.355 e. The molecule has 0 aliphatic carbocycles. The molecule has 2 N–H and O–H groups in total. The molecule has 0 saturated heterocycles. The number of nitrogens with one attached hydrogen (secondary N) is 2. The van der Waals surface area contributed by atoms with Crippen molar-refractivity contribution in [3.05, 3.63) is 69.3 Å². The second-order valence-corrected chi connectivity index (χ2v) is 11.3. The number of fused-ring (bicyclic) bond motifs is 8. The van der Waals surface area contributed by atoms with E-state index in [1.165, 1.54) is 66.2 Å². The summed E-state index contributed by atoms with van der Waals surface area (Å²) in [5, 5.41) is 0. The number of aromatic nitrogens is 4. The summed E-state index contributed by atoms with van der Waals surface area (Å²) >= 11 is 0. The Balaban J connectivity index is 1.84. The normalized spacial score (nSPS) is 12.2. The minimum Gasteiger partial charge on any atom is -0.355 e. The summed E-state index contributed by atoms with van der Waals surface area (Å²) < 4.78 is 0. The van der Waals surface area contributed by atoms with Gasteiger partial charge < -0.3 is 9.97 Å². The fourth-order valence-electron chi connectivity index (χ4n) is 5.98. The highest BCUT2D eigenvalue weighted by atomic mass is 14.8. The smallest absolute Gasteiger partial charge is 0.0815 e. The van der Waals surface area contributed by atoms with Gasteiger partial charge in [-0.05, 0) is 92.7 Å². The zero-order chi connectivity index (χ0) is 28.6. The summed E-state index contributed by atoms with van der Waals surface area (Å²) in [4.78, 5) is 17.9. The first kappa shape index (κ1) is 28.7. The van der Waals surface area contributed by atoms with Crippen molar-refractivity contribution in [2.75, 3.05) is 0 Å². The van der Waals surface area contributed by atoms with Gasteiger partial charge in [-0.15, -0.1) is 6.42 Å². The quantitative estimate of drug-likeness (QED) is 0.121. The fraction of sp³-hybridized carbons (Fsp3) is 0.405. The van der Waals surface area contributed by atoms with E-state index in [0.717, 1.165) is 77.9 Å². The molecule has 0 spiro atoms. The maximum atomic E-state index is 6.10. The second-order valence-electron chi connectivity index (χ2n) is 11.3. The van der Waals surface area contributed by atoms with E-state index in [4.69, 9.17) is 16.4 Å². The van der Waals surface area contributed by atoms with Gasteiger partial charge in [0.05, 0.1) is 33.9 Å². The number of H-pyrrole nitrogens is 2. The van der Waals surface area contributed by atoms with E-state index in [1.807, 2.05) is 0 Å². The van der Waals surface area contributed by atoms with Gasteiger partial charge in [0.2, 0.25) is 0 Å². The SMILES string of the molecule is C#Cc1c2nc(c(CCCCC)c3nc(c(CCCCC)c4ccc([nH]4)c(CCCCC)c4ccc1[nH]4)C=C3)C=C2. The lowest BCUT2D eigenvalue weighted by molar-refractivity contribution is 0.713. The third kappa shape index (κ3) is 6.41. The number of aromatic amines is 2. The van der Waals surface area contributed by atoms with Crippen LogP contribution in [0.25, 0.3) is 46.4 Å². The van der Waals surface area contributed by atoms with Crippen LogP contribution in [0.5, 0.6) is 0 Å². The first-order valence-corrected chi connectivity index (χ1v) is 15.8. The summed E-state index contributed by atoms with van der Waals surface area (Å²) in [6.07, 6.45) is 28.2. The van der Waals surface area contributed by atoms with Crippen LogP contribution in [0.1, 0.15) is 124 Å². The lowest BCUT2D eigenvalue weighted by atomic mass is 10.0. The number of aryl methyl sites for hydroxylation is 2. The standard InChI is InChI=1S/C37H44N4/c1-5-9-12-15-27-32-20-18-30(38-32)26(8-4)31-19-21-33(39-31)28(16-13-10-6-2)35-23-25-37(41-35)29(17-14-11-7-3)36-24-22-34(27)40-36/h4,18-25,38,40H,5-7,9-17H2,1-3H3. The number of unbranched alkanes of at least 4 members (excludes halogenated alkanes) is 6. The van der Waals surface area contributed by atoms with E-state index in [9.17, 15) is 0 Å².